The van der Waals surface area contributed by atoms with Crippen molar-refractivity contribution in [1.82, 2.24) is 0 Å². The fraction of sp³-hybridized carbons (Fsp3) is 0.787. The lowest BCUT2D eigenvalue weighted by Gasteiger charge is -2.18. The molecule has 0 aliphatic carbocycles. The lowest BCUT2D eigenvalue weighted by Crippen LogP contribution is -2.27. The van der Waals surface area contributed by atoms with Crippen LogP contribution in [-0.2, 0) is 19.0 Å². The van der Waals surface area contributed by atoms with Gasteiger partial charge >= 0.3 is 5.97 Å². The third-order valence-corrected chi connectivity index (χ3v) is 12.6. The highest BCUT2D eigenvalue weighted by Crippen LogP contribution is 2.16. The molecule has 0 aromatic rings. The number of carbonyl (C=O) groups excluding carboxylic acids is 1. The molecule has 0 aromatic carbocycles. The normalized spacial score (nSPS) is 12.8. The number of rotatable bonds is 53. The summed E-state index contributed by atoms with van der Waals surface area (Å²) in [5.41, 5.74) is 0. The van der Waals surface area contributed by atoms with Crippen molar-refractivity contribution in [2.45, 2.75) is 284 Å². The molecule has 0 aromatic heterocycles. The van der Waals surface area contributed by atoms with Crippen molar-refractivity contribution in [2.24, 2.45) is 0 Å². The molecule has 0 saturated carbocycles. The zero-order valence-electron chi connectivity index (χ0n) is 43.8. The molecular formula is C61H110O4. The summed E-state index contributed by atoms with van der Waals surface area (Å²) in [6.07, 6.45) is 77.5. The Kier molecular flexibility index (Phi) is 56.0. The molecular weight excluding hydrogens is 797 g/mol. The summed E-state index contributed by atoms with van der Waals surface area (Å²) in [6.45, 7) is 8.98. The van der Waals surface area contributed by atoms with Crippen LogP contribution in [0.2, 0.25) is 0 Å². The van der Waals surface area contributed by atoms with Crippen molar-refractivity contribution >= 4 is 5.97 Å². The second-order valence-corrected chi connectivity index (χ2v) is 19.0. The fourth-order valence-corrected chi connectivity index (χ4v) is 8.28. The van der Waals surface area contributed by atoms with Gasteiger partial charge in [-0.15, -0.1) is 0 Å². The molecule has 0 N–H and O–H groups in total. The molecule has 0 radical (unpaired) electrons. The maximum Gasteiger partial charge on any atom is 0.330 e. The number of ether oxygens (including phenoxy) is 3. The minimum Gasteiger partial charge on any atom is -0.460 e. The highest BCUT2D eigenvalue weighted by Gasteiger charge is 2.12. The summed E-state index contributed by atoms with van der Waals surface area (Å²) in [5, 5.41) is 0. The van der Waals surface area contributed by atoms with Gasteiger partial charge in [0.1, 0.15) is 12.7 Å². The Morgan fingerprint density at radius 1 is 0.338 bits per heavy atom. The van der Waals surface area contributed by atoms with Gasteiger partial charge in [0.2, 0.25) is 0 Å². The zero-order valence-corrected chi connectivity index (χ0v) is 43.8. The lowest BCUT2D eigenvalue weighted by atomic mass is 10.0. The van der Waals surface area contributed by atoms with Crippen LogP contribution in [-0.4, -0.2) is 38.5 Å². The molecule has 0 fully saturated rings. The first-order valence-electron chi connectivity index (χ1n) is 28.6. The molecule has 0 saturated heterocycles. The molecule has 0 bridgehead atoms. The van der Waals surface area contributed by atoms with E-state index in [0.717, 1.165) is 25.9 Å². The molecule has 1 unspecified atom stereocenters. The molecule has 0 aliphatic rings. The van der Waals surface area contributed by atoms with Gasteiger partial charge in [0.25, 0.3) is 0 Å². The van der Waals surface area contributed by atoms with Crippen molar-refractivity contribution in [3.63, 3.8) is 0 Å². The highest BCUT2D eigenvalue weighted by atomic mass is 16.6. The first-order valence-corrected chi connectivity index (χ1v) is 28.6. The first kappa shape index (κ1) is 62.8. The van der Waals surface area contributed by atoms with Gasteiger partial charge in [-0.1, -0.05) is 319 Å². The van der Waals surface area contributed by atoms with E-state index in [9.17, 15) is 4.79 Å². The number of carbonyl (C=O) groups is 1. The van der Waals surface area contributed by atoms with Gasteiger partial charge in [0.15, 0.2) is 0 Å². The number of hydrogen-bond acceptors (Lipinski definition) is 4. The summed E-state index contributed by atoms with van der Waals surface area (Å²) in [7, 11) is 0. The van der Waals surface area contributed by atoms with Crippen molar-refractivity contribution < 1.29 is 19.0 Å². The van der Waals surface area contributed by atoms with Gasteiger partial charge < -0.3 is 14.2 Å². The van der Waals surface area contributed by atoms with E-state index in [2.05, 4.69) is 45.1 Å². The van der Waals surface area contributed by atoms with E-state index in [0.29, 0.717) is 13.2 Å². The molecule has 0 heterocycles. The maximum absolute atomic E-state index is 12.5. The topological polar surface area (TPSA) is 44.8 Å². The minimum absolute atomic E-state index is 0.219. The van der Waals surface area contributed by atoms with Crippen LogP contribution >= 0.6 is 0 Å². The largest absolute Gasteiger partial charge is 0.460 e. The van der Waals surface area contributed by atoms with Gasteiger partial charge in [0, 0.05) is 19.3 Å². The van der Waals surface area contributed by atoms with E-state index >= 15 is 0 Å². The van der Waals surface area contributed by atoms with Crippen LogP contribution in [0.15, 0.2) is 72.9 Å². The Morgan fingerprint density at radius 2 is 0.646 bits per heavy atom. The van der Waals surface area contributed by atoms with E-state index in [1.807, 2.05) is 36.5 Å². The molecule has 4 nitrogen and oxygen atoms in total. The van der Waals surface area contributed by atoms with E-state index in [-0.39, 0.29) is 18.7 Å². The van der Waals surface area contributed by atoms with Gasteiger partial charge in [-0.3, -0.25) is 0 Å². The SMILES string of the molecule is CCCCCCCCC/C=C/C=C/C=C/C=C/C=C/C=C/C(=O)OCC(COCCCCCCCCCCCCCCCCCC)OCCCCCCCCCCCCCCCCCC. The average molecular weight is 908 g/mol. The van der Waals surface area contributed by atoms with Crippen molar-refractivity contribution in [2.75, 3.05) is 26.4 Å². The Hall–Kier alpha value is -2.17. The van der Waals surface area contributed by atoms with Crippen LogP contribution < -0.4 is 0 Å². The highest BCUT2D eigenvalue weighted by molar-refractivity contribution is 5.82. The first-order chi connectivity index (χ1) is 32.2. The van der Waals surface area contributed by atoms with Crippen LogP contribution in [0.1, 0.15) is 278 Å². The third kappa shape index (κ3) is 56.1. The second kappa shape index (κ2) is 58.0. The summed E-state index contributed by atoms with van der Waals surface area (Å²) in [4.78, 5) is 12.5. The van der Waals surface area contributed by atoms with Gasteiger partial charge in [-0.2, -0.15) is 0 Å². The van der Waals surface area contributed by atoms with Crippen molar-refractivity contribution in [1.29, 1.82) is 0 Å². The summed E-state index contributed by atoms with van der Waals surface area (Å²) < 4.78 is 17.9. The van der Waals surface area contributed by atoms with Gasteiger partial charge in [-0.25, -0.2) is 4.79 Å². The predicted molar refractivity (Wildman–Crippen MR) is 288 cm³/mol. The fourth-order valence-electron chi connectivity index (χ4n) is 8.28. The molecule has 4 heteroatoms. The zero-order chi connectivity index (χ0) is 46.9. The molecule has 0 amide bonds. The molecule has 1 atom stereocenters. The predicted octanol–water partition coefficient (Wildman–Crippen LogP) is 19.9. The van der Waals surface area contributed by atoms with Crippen LogP contribution in [0.3, 0.4) is 0 Å². The Morgan fingerprint density at radius 3 is 1.03 bits per heavy atom. The quantitative estimate of drug-likeness (QED) is 0.0264. The number of allylic oxidation sites excluding steroid dienone is 11. The van der Waals surface area contributed by atoms with Crippen molar-refractivity contribution in [3.8, 4) is 0 Å². The summed E-state index contributed by atoms with van der Waals surface area (Å²) >= 11 is 0. The Bertz CT molecular complexity index is 1100. The minimum atomic E-state index is -0.350. The Labute approximate surface area is 406 Å². The summed E-state index contributed by atoms with van der Waals surface area (Å²) in [5.74, 6) is -0.350. The van der Waals surface area contributed by atoms with Crippen LogP contribution in [0.4, 0.5) is 0 Å². The Balaban J connectivity index is 4.33. The van der Waals surface area contributed by atoms with Gasteiger partial charge in [0.05, 0.1) is 6.61 Å². The molecule has 0 aliphatic heterocycles. The average Bonchev–Trinajstić information content (AvgIpc) is 3.31. The standard InChI is InChI=1S/C61H110O4/c1-4-7-10-13-16-19-22-25-28-31-32-33-34-37-40-43-46-49-52-55-61(62)65-59-60(64-57-54-51-48-45-42-39-36-30-27-24-21-18-15-12-9-6-3)58-63-56-53-50-47-44-41-38-35-29-26-23-20-17-14-11-8-5-2/h28,31-34,37,40,43,46,49,52,55,60H,4-27,29-30,35-36,38-39,41-42,44-45,47-48,50-51,53-54,56-59H2,1-3H3/b31-28+,33-32+,37-34+,43-40+,49-46+,55-52+. The van der Waals surface area contributed by atoms with E-state index in [1.54, 1.807) is 6.08 Å². The van der Waals surface area contributed by atoms with Crippen LogP contribution in [0.5, 0.6) is 0 Å². The van der Waals surface area contributed by atoms with E-state index < -0.39 is 0 Å². The molecule has 0 rings (SSSR count). The van der Waals surface area contributed by atoms with Crippen LogP contribution in [0.25, 0.3) is 0 Å². The number of hydrogen-bond donors (Lipinski definition) is 0. The number of esters is 1. The van der Waals surface area contributed by atoms with E-state index in [4.69, 9.17) is 14.2 Å². The lowest BCUT2D eigenvalue weighted by molar-refractivity contribution is -0.144. The molecule has 378 valence electrons. The second-order valence-electron chi connectivity index (χ2n) is 19.0. The third-order valence-electron chi connectivity index (χ3n) is 12.6. The molecule has 65 heavy (non-hydrogen) atoms. The number of unbranched alkanes of at least 4 members (excludes halogenated alkanes) is 37. The van der Waals surface area contributed by atoms with Crippen LogP contribution in [0, 0.1) is 0 Å². The van der Waals surface area contributed by atoms with Crippen molar-refractivity contribution in [3.05, 3.63) is 72.9 Å². The summed E-state index contributed by atoms with van der Waals surface area (Å²) in [6, 6.07) is 0. The smallest absolute Gasteiger partial charge is 0.330 e. The maximum atomic E-state index is 12.5. The van der Waals surface area contributed by atoms with E-state index in [1.165, 1.54) is 244 Å². The monoisotopic (exact) mass is 907 g/mol. The van der Waals surface area contributed by atoms with Gasteiger partial charge in [-0.05, 0) is 25.7 Å². The molecule has 0 spiro atoms.